The van der Waals surface area contributed by atoms with Gasteiger partial charge in [0.15, 0.2) is 0 Å². The molecular formula is C24H27Cl3N2O2S. The van der Waals surface area contributed by atoms with Gasteiger partial charge in [-0.2, -0.15) is 0 Å². The summed E-state index contributed by atoms with van der Waals surface area (Å²) in [5, 5.41) is 4.68. The minimum absolute atomic E-state index is 0.0934. The molecule has 0 radical (unpaired) electrons. The summed E-state index contributed by atoms with van der Waals surface area (Å²) in [7, 11) is 0. The summed E-state index contributed by atoms with van der Waals surface area (Å²) in [6.07, 6.45) is 4.26. The summed E-state index contributed by atoms with van der Waals surface area (Å²) in [5.41, 5.74) is 1.92. The maximum Gasteiger partial charge on any atom is 0.242 e. The molecule has 172 valence electrons. The second-order valence-electron chi connectivity index (χ2n) is 8.06. The molecule has 32 heavy (non-hydrogen) atoms. The first-order chi connectivity index (χ1) is 15.3. The van der Waals surface area contributed by atoms with Crippen LogP contribution in [0.25, 0.3) is 0 Å². The van der Waals surface area contributed by atoms with Crippen LogP contribution >= 0.6 is 46.6 Å². The molecule has 1 aliphatic rings. The van der Waals surface area contributed by atoms with Crippen LogP contribution in [0, 0.1) is 0 Å². The highest BCUT2D eigenvalue weighted by Crippen LogP contribution is 2.25. The average Bonchev–Trinajstić information content (AvgIpc) is 3.28. The molecule has 4 nitrogen and oxygen atoms in total. The zero-order valence-corrected chi connectivity index (χ0v) is 21.0. The molecule has 0 saturated heterocycles. The summed E-state index contributed by atoms with van der Waals surface area (Å²) in [4.78, 5) is 27.7. The van der Waals surface area contributed by atoms with Crippen molar-refractivity contribution >= 4 is 58.4 Å². The first kappa shape index (κ1) is 25.2. The molecule has 2 aromatic carbocycles. The number of hydrogen-bond donors (Lipinski definition) is 1. The predicted molar refractivity (Wildman–Crippen MR) is 134 cm³/mol. The van der Waals surface area contributed by atoms with Gasteiger partial charge in [-0.3, -0.25) is 9.59 Å². The topological polar surface area (TPSA) is 49.4 Å². The lowest BCUT2D eigenvalue weighted by Gasteiger charge is -2.30. The van der Waals surface area contributed by atoms with Crippen LogP contribution in [0.15, 0.2) is 42.5 Å². The molecule has 0 bridgehead atoms. The van der Waals surface area contributed by atoms with Crippen molar-refractivity contribution in [2.45, 2.75) is 57.0 Å². The molecule has 1 N–H and O–H groups in total. The van der Waals surface area contributed by atoms with E-state index in [1.807, 2.05) is 30.3 Å². The van der Waals surface area contributed by atoms with Crippen molar-refractivity contribution in [3.8, 4) is 0 Å². The van der Waals surface area contributed by atoms with Crippen LogP contribution < -0.4 is 5.32 Å². The van der Waals surface area contributed by atoms with E-state index >= 15 is 0 Å². The number of halogens is 3. The molecule has 8 heteroatoms. The Kier molecular flexibility index (Phi) is 9.60. The van der Waals surface area contributed by atoms with Crippen LogP contribution in [-0.2, 0) is 21.9 Å². The Morgan fingerprint density at radius 1 is 1.03 bits per heavy atom. The first-order valence-corrected chi connectivity index (χ1v) is 13.0. The second-order valence-corrected chi connectivity index (χ2v) is 10.3. The number of carbonyl (C=O) groups is 2. The minimum Gasteiger partial charge on any atom is -0.352 e. The first-order valence-electron chi connectivity index (χ1n) is 10.7. The van der Waals surface area contributed by atoms with Gasteiger partial charge in [0.25, 0.3) is 0 Å². The van der Waals surface area contributed by atoms with Crippen molar-refractivity contribution in [3.05, 3.63) is 68.7 Å². The molecule has 1 aliphatic carbocycles. The van der Waals surface area contributed by atoms with Crippen LogP contribution in [0.1, 0.15) is 43.7 Å². The zero-order chi connectivity index (χ0) is 23.1. The summed E-state index contributed by atoms with van der Waals surface area (Å²) in [6.45, 7) is 2.07. The average molecular weight is 514 g/mol. The highest BCUT2D eigenvalue weighted by Gasteiger charge is 2.28. The van der Waals surface area contributed by atoms with Gasteiger partial charge in [0, 0.05) is 23.4 Å². The Hall–Kier alpha value is -1.40. The predicted octanol–water partition coefficient (Wildman–Crippen LogP) is 6.36. The van der Waals surface area contributed by atoms with Gasteiger partial charge in [-0.15, -0.1) is 11.8 Å². The molecule has 2 amide bonds. The standard InChI is InChI=1S/C24H27Cl3N2O2S/c1-16(24(31)28-20-4-2-3-5-20)29(13-18-8-11-21(26)22(27)12-18)23(30)15-32-14-17-6-9-19(25)10-7-17/h6-12,16,20H,2-5,13-15H2,1H3,(H,28,31)/t16-/m0/s1. The third-order valence-electron chi connectivity index (χ3n) is 5.61. The molecule has 0 aliphatic heterocycles. The van der Waals surface area contributed by atoms with E-state index in [1.165, 1.54) is 11.8 Å². The molecule has 3 rings (SSSR count). The quantitative estimate of drug-likeness (QED) is 0.425. The highest BCUT2D eigenvalue weighted by atomic mass is 35.5. The van der Waals surface area contributed by atoms with Crippen LogP contribution in [-0.4, -0.2) is 34.6 Å². The van der Waals surface area contributed by atoms with Gasteiger partial charge in [-0.1, -0.05) is 65.8 Å². The van der Waals surface area contributed by atoms with Gasteiger partial charge in [0.05, 0.1) is 15.8 Å². The number of benzene rings is 2. The number of amides is 2. The molecule has 2 aromatic rings. The molecule has 0 aromatic heterocycles. The maximum absolute atomic E-state index is 13.2. The fourth-order valence-corrected chi connectivity index (χ4v) is 5.05. The fraction of sp³-hybridized carbons (Fsp3) is 0.417. The highest BCUT2D eigenvalue weighted by molar-refractivity contribution is 7.99. The van der Waals surface area contributed by atoms with Crippen LogP contribution in [0.3, 0.4) is 0 Å². The molecule has 0 heterocycles. The van der Waals surface area contributed by atoms with Gasteiger partial charge < -0.3 is 10.2 Å². The van der Waals surface area contributed by atoms with Crippen molar-refractivity contribution in [2.24, 2.45) is 0 Å². The number of thioether (sulfide) groups is 1. The number of hydrogen-bond acceptors (Lipinski definition) is 3. The van der Waals surface area contributed by atoms with E-state index in [2.05, 4.69) is 5.32 Å². The van der Waals surface area contributed by atoms with E-state index in [0.29, 0.717) is 20.8 Å². The van der Waals surface area contributed by atoms with Gasteiger partial charge in [-0.05, 0) is 55.2 Å². The second kappa shape index (κ2) is 12.2. The van der Waals surface area contributed by atoms with Crippen molar-refractivity contribution in [1.29, 1.82) is 0 Å². The summed E-state index contributed by atoms with van der Waals surface area (Å²) >= 11 is 19.7. The number of carbonyl (C=O) groups excluding carboxylic acids is 2. The van der Waals surface area contributed by atoms with Crippen LogP contribution in [0.2, 0.25) is 15.1 Å². The Labute approximate surface area is 209 Å². The number of nitrogens with zero attached hydrogens (tertiary/aromatic N) is 1. The summed E-state index contributed by atoms with van der Waals surface area (Å²) < 4.78 is 0. The monoisotopic (exact) mass is 512 g/mol. The SMILES string of the molecule is C[C@@H](C(=O)NC1CCCC1)N(Cc1ccc(Cl)c(Cl)c1)C(=O)CSCc1ccc(Cl)cc1. The Balaban J connectivity index is 1.67. The van der Waals surface area contributed by atoms with Crippen molar-refractivity contribution in [1.82, 2.24) is 10.2 Å². The van der Waals surface area contributed by atoms with E-state index < -0.39 is 6.04 Å². The maximum atomic E-state index is 13.2. The normalized spacial score (nSPS) is 14.9. The molecule has 1 atom stereocenters. The largest absolute Gasteiger partial charge is 0.352 e. The minimum atomic E-state index is -0.589. The lowest BCUT2D eigenvalue weighted by Crippen LogP contribution is -2.50. The van der Waals surface area contributed by atoms with Crippen molar-refractivity contribution in [3.63, 3.8) is 0 Å². The van der Waals surface area contributed by atoms with E-state index in [9.17, 15) is 9.59 Å². The van der Waals surface area contributed by atoms with Crippen molar-refractivity contribution in [2.75, 3.05) is 5.75 Å². The lowest BCUT2D eigenvalue weighted by atomic mass is 10.1. The summed E-state index contributed by atoms with van der Waals surface area (Å²) in [5.74, 6) is 0.745. The Morgan fingerprint density at radius 3 is 2.34 bits per heavy atom. The van der Waals surface area contributed by atoms with Crippen molar-refractivity contribution < 1.29 is 9.59 Å². The van der Waals surface area contributed by atoms with Crippen LogP contribution in [0.5, 0.6) is 0 Å². The Morgan fingerprint density at radius 2 is 1.69 bits per heavy atom. The molecule has 0 spiro atoms. The van der Waals surface area contributed by atoms with E-state index in [4.69, 9.17) is 34.8 Å². The van der Waals surface area contributed by atoms with Gasteiger partial charge in [0.2, 0.25) is 11.8 Å². The fourth-order valence-electron chi connectivity index (χ4n) is 3.73. The molecule has 1 saturated carbocycles. The number of rotatable bonds is 9. The third kappa shape index (κ3) is 7.31. The molecule has 0 unspecified atom stereocenters. The third-order valence-corrected chi connectivity index (χ3v) is 7.59. The van der Waals surface area contributed by atoms with E-state index in [0.717, 1.165) is 36.8 Å². The smallest absolute Gasteiger partial charge is 0.242 e. The summed E-state index contributed by atoms with van der Waals surface area (Å²) in [6, 6.07) is 12.5. The molecule has 1 fully saturated rings. The Bertz CT molecular complexity index is 933. The lowest BCUT2D eigenvalue weighted by molar-refractivity contribution is -0.138. The van der Waals surface area contributed by atoms with Gasteiger partial charge in [-0.25, -0.2) is 0 Å². The van der Waals surface area contributed by atoms with E-state index in [1.54, 1.807) is 24.0 Å². The molecular weight excluding hydrogens is 487 g/mol. The number of nitrogens with one attached hydrogen (secondary N) is 1. The van der Waals surface area contributed by atoms with Gasteiger partial charge >= 0.3 is 0 Å². The van der Waals surface area contributed by atoms with Gasteiger partial charge in [0.1, 0.15) is 6.04 Å². The van der Waals surface area contributed by atoms with Crippen LogP contribution in [0.4, 0.5) is 0 Å². The zero-order valence-electron chi connectivity index (χ0n) is 18.0. The van der Waals surface area contributed by atoms with E-state index in [-0.39, 0.29) is 30.2 Å².